The van der Waals surface area contributed by atoms with Crippen molar-refractivity contribution in [2.45, 2.75) is 361 Å². The van der Waals surface area contributed by atoms with Gasteiger partial charge in [-0.1, -0.05) is 40.0 Å². The van der Waals surface area contributed by atoms with Gasteiger partial charge in [0.15, 0.2) is 0 Å². The number of piperidine rings is 6. The molecule has 8 rings (SSSR count). The SMILES string of the molecule is CC(C)OCCCN1CCCCC1.CC(C)OCCCN1CCCCC1.CC(C)OCCCN1CCCCC1C.CC(C)OCCCN1CCC[C@@H](C)C1.CC(C)OCCCN1CCC[C@H](C)C1.CC(C)OCCCN1CCN(C(C)C)CC1.CC(C)OCCCN1CCN(C)CC1.CC1CCCN(CCCOC(C)C)C1. The molecule has 18 nitrogen and oxygen atoms in total. The minimum Gasteiger partial charge on any atom is -0.379 e. The van der Waals surface area contributed by atoms with Crippen LogP contribution in [0.2, 0.25) is 0 Å². The maximum absolute atomic E-state index is 5.56. The summed E-state index contributed by atoms with van der Waals surface area (Å²) in [5, 5.41) is 0. The minimum atomic E-state index is 0.373. The number of rotatable bonds is 41. The Morgan fingerprint density at radius 3 is 0.714 bits per heavy atom. The monoisotopic (exact) mass is 1600 g/mol. The molecule has 8 aliphatic heterocycles. The third-order valence-corrected chi connectivity index (χ3v) is 22.3. The highest BCUT2D eigenvalue weighted by molar-refractivity contribution is 4.77. The van der Waals surface area contributed by atoms with Gasteiger partial charge in [-0.15, -0.1) is 0 Å². The maximum Gasteiger partial charge on any atom is 0.0518 e. The van der Waals surface area contributed by atoms with Crippen LogP contribution in [-0.2, 0) is 37.9 Å². The molecule has 0 spiro atoms. The van der Waals surface area contributed by atoms with Gasteiger partial charge >= 0.3 is 0 Å². The maximum atomic E-state index is 5.56. The van der Waals surface area contributed by atoms with E-state index in [0.29, 0.717) is 54.9 Å². The van der Waals surface area contributed by atoms with E-state index in [9.17, 15) is 0 Å². The fourth-order valence-corrected chi connectivity index (χ4v) is 15.7. The lowest BCUT2D eigenvalue weighted by Crippen LogP contribution is -2.49. The van der Waals surface area contributed by atoms with Crippen molar-refractivity contribution in [3.05, 3.63) is 0 Å². The van der Waals surface area contributed by atoms with Crippen LogP contribution in [0.5, 0.6) is 0 Å². The average molecular weight is 1600 g/mol. The zero-order valence-corrected chi connectivity index (χ0v) is 79.3. The van der Waals surface area contributed by atoms with Gasteiger partial charge in [0, 0.05) is 189 Å². The summed E-state index contributed by atoms with van der Waals surface area (Å²) in [6.45, 7) is 88.7. The third kappa shape index (κ3) is 69.0. The lowest BCUT2D eigenvalue weighted by molar-refractivity contribution is 0.0604. The molecule has 0 aromatic heterocycles. The second-order valence-corrected chi connectivity index (χ2v) is 37.1. The van der Waals surface area contributed by atoms with Crippen LogP contribution >= 0.6 is 0 Å². The molecule has 8 saturated heterocycles. The van der Waals surface area contributed by atoms with Crippen molar-refractivity contribution < 1.29 is 37.9 Å². The summed E-state index contributed by atoms with van der Waals surface area (Å²) in [5.41, 5.74) is 0. The molecule has 8 fully saturated rings. The molecule has 0 N–H and O–H groups in total. The fraction of sp³-hybridized carbons (Fsp3) is 1.00. The predicted octanol–water partition coefficient (Wildman–Crippen LogP) is 17.7. The molecule has 8 aliphatic rings. The van der Waals surface area contributed by atoms with Gasteiger partial charge in [-0.2, -0.15) is 0 Å². The van der Waals surface area contributed by atoms with Crippen LogP contribution in [0.3, 0.4) is 0 Å². The van der Waals surface area contributed by atoms with Gasteiger partial charge < -0.3 is 82.0 Å². The van der Waals surface area contributed by atoms with Crippen LogP contribution in [0.25, 0.3) is 0 Å². The highest BCUT2D eigenvalue weighted by atomic mass is 16.5. The fourth-order valence-electron chi connectivity index (χ4n) is 15.7. The van der Waals surface area contributed by atoms with Gasteiger partial charge in [0.1, 0.15) is 0 Å². The molecule has 18 heteroatoms. The molecule has 8 heterocycles. The van der Waals surface area contributed by atoms with Crippen LogP contribution in [0.15, 0.2) is 0 Å². The number of hydrogen-bond acceptors (Lipinski definition) is 18. The Morgan fingerprint density at radius 1 is 0.232 bits per heavy atom. The van der Waals surface area contributed by atoms with E-state index < -0.39 is 0 Å². The zero-order valence-electron chi connectivity index (χ0n) is 79.3. The van der Waals surface area contributed by atoms with Crippen molar-refractivity contribution in [2.75, 3.05) is 237 Å². The molecule has 0 aliphatic carbocycles. The first-order valence-electron chi connectivity index (χ1n) is 47.8. The van der Waals surface area contributed by atoms with Crippen molar-refractivity contribution in [3.63, 3.8) is 0 Å². The zero-order chi connectivity index (χ0) is 82.9. The molecule has 0 saturated carbocycles. The van der Waals surface area contributed by atoms with E-state index >= 15 is 0 Å². The van der Waals surface area contributed by atoms with Gasteiger partial charge in [0.05, 0.1) is 48.8 Å². The summed E-state index contributed by atoms with van der Waals surface area (Å²) in [5.74, 6) is 2.69. The van der Waals surface area contributed by atoms with Crippen LogP contribution in [0, 0.1) is 17.8 Å². The molecular weight excluding hydrogens is 1400 g/mol. The summed E-state index contributed by atoms with van der Waals surface area (Å²) < 4.78 is 44.2. The normalized spacial score (nSPS) is 22.2. The summed E-state index contributed by atoms with van der Waals surface area (Å²) >= 11 is 0. The van der Waals surface area contributed by atoms with E-state index in [4.69, 9.17) is 37.9 Å². The van der Waals surface area contributed by atoms with Gasteiger partial charge in [-0.25, -0.2) is 0 Å². The van der Waals surface area contributed by atoms with E-state index in [1.165, 1.54) is 324 Å². The Labute approximate surface area is 698 Å². The molecule has 2 unspecified atom stereocenters. The molecule has 112 heavy (non-hydrogen) atoms. The van der Waals surface area contributed by atoms with Gasteiger partial charge in [-0.3, -0.25) is 4.90 Å². The number of ether oxygens (including phenoxy) is 8. The number of hydrogen-bond donors (Lipinski definition) is 0. The molecule has 4 atom stereocenters. The Morgan fingerprint density at radius 2 is 0.464 bits per heavy atom. The Balaban J connectivity index is 0.000000640. The first-order valence-corrected chi connectivity index (χ1v) is 47.8. The number of likely N-dealkylation sites (tertiary alicyclic amines) is 6. The smallest absolute Gasteiger partial charge is 0.0518 e. The van der Waals surface area contributed by atoms with E-state index in [1.54, 1.807) is 0 Å². The molecule has 672 valence electrons. The Kier molecular flexibility index (Phi) is 71.3. The van der Waals surface area contributed by atoms with Crippen molar-refractivity contribution >= 4 is 0 Å². The topological polar surface area (TPSA) is 106 Å². The standard InChI is InChI=1S/C13H28N2O.4C12H25NO.C11H24N2O.2C11H23NO/c1-12(2)15-9-7-14(8-10-15)6-5-11-16-13(3)4;3*1-11(2)14-9-5-8-13-7-4-6-12(3)10-13;1-11(2)14-10-6-9-13-8-5-4-7-12(13)3;1-11(2)14-10-4-5-13-8-6-12(3)7-9-13;2*1-11(2)13-10-6-9-12-7-4-3-5-8-12/h12-13H,5-11H2,1-4H3;4*11-12H,4-10H2,1-3H3;11H,4-10H2,1-3H3;2*11H,3-10H2,1-2H3/t;2*12-;;;;;/m.10...../s1. The highest BCUT2D eigenvalue weighted by Gasteiger charge is 2.22. The molecule has 0 aromatic carbocycles. The van der Waals surface area contributed by atoms with Gasteiger partial charge in [0.2, 0.25) is 0 Å². The predicted molar refractivity (Wildman–Crippen MR) is 483 cm³/mol. The first-order chi connectivity index (χ1) is 53.6. The van der Waals surface area contributed by atoms with Crippen LogP contribution in [0.4, 0.5) is 0 Å². The van der Waals surface area contributed by atoms with E-state index in [0.717, 1.165) is 76.7 Å². The largest absolute Gasteiger partial charge is 0.379 e. The van der Waals surface area contributed by atoms with E-state index in [2.05, 4.69) is 208 Å². The number of nitrogens with zero attached hydrogens (tertiary/aromatic N) is 10. The van der Waals surface area contributed by atoms with Gasteiger partial charge in [-0.05, 0) is 337 Å². The Bertz CT molecular complexity index is 1840. The van der Waals surface area contributed by atoms with Crippen molar-refractivity contribution in [3.8, 4) is 0 Å². The molecular formula is C94H198N10O8. The summed E-state index contributed by atoms with van der Waals surface area (Å²) in [4.78, 5) is 25.5. The van der Waals surface area contributed by atoms with Crippen molar-refractivity contribution in [1.29, 1.82) is 0 Å². The van der Waals surface area contributed by atoms with Gasteiger partial charge in [0.25, 0.3) is 0 Å². The summed E-state index contributed by atoms with van der Waals surface area (Å²) in [6, 6.07) is 1.49. The van der Waals surface area contributed by atoms with Crippen LogP contribution in [0.1, 0.15) is 300 Å². The molecule has 0 bridgehead atoms. The lowest BCUT2D eigenvalue weighted by atomic mass is 10.0. The molecule has 0 aromatic rings. The van der Waals surface area contributed by atoms with Crippen molar-refractivity contribution in [2.24, 2.45) is 17.8 Å². The van der Waals surface area contributed by atoms with Crippen LogP contribution < -0.4 is 0 Å². The Hall–Kier alpha value is -0.720. The lowest BCUT2D eigenvalue weighted by Gasteiger charge is -2.36. The summed E-state index contributed by atoms with van der Waals surface area (Å²) in [7, 11) is 2.19. The number of piperazine rings is 2. The minimum absolute atomic E-state index is 0.373. The summed E-state index contributed by atoms with van der Waals surface area (Å²) in [6.07, 6.45) is 33.5. The van der Waals surface area contributed by atoms with E-state index in [1.807, 2.05) is 0 Å². The van der Waals surface area contributed by atoms with E-state index in [-0.39, 0.29) is 0 Å². The average Bonchev–Trinajstić information content (AvgIpc) is 0.904. The second kappa shape index (κ2) is 73.0. The van der Waals surface area contributed by atoms with Crippen LogP contribution in [-0.4, -0.2) is 347 Å². The third-order valence-electron chi connectivity index (χ3n) is 22.3. The quantitative estimate of drug-likeness (QED) is 0.0542. The number of likely N-dealkylation sites (N-methyl/N-ethyl adjacent to an activating group) is 1. The molecule has 0 radical (unpaired) electrons. The second-order valence-electron chi connectivity index (χ2n) is 37.1. The first kappa shape index (κ1) is 109. The highest BCUT2D eigenvalue weighted by Crippen LogP contribution is 2.20. The molecule has 0 amide bonds. The van der Waals surface area contributed by atoms with Crippen molar-refractivity contribution in [1.82, 2.24) is 49.0 Å².